The summed E-state index contributed by atoms with van der Waals surface area (Å²) in [5.41, 5.74) is 0.0509. The Morgan fingerprint density at radius 2 is 1.61 bits per heavy atom. The lowest BCUT2D eigenvalue weighted by Gasteiger charge is -2.14. The lowest BCUT2D eigenvalue weighted by Crippen LogP contribution is -2.22. The van der Waals surface area contributed by atoms with Crippen LogP contribution in [0, 0.1) is 34.3 Å². The van der Waals surface area contributed by atoms with Gasteiger partial charge in [-0.05, 0) is 19.5 Å². The fourth-order valence-corrected chi connectivity index (χ4v) is 2.79. The van der Waals surface area contributed by atoms with Crippen LogP contribution in [0.25, 0.3) is 0 Å². The van der Waals surface area contributed by atoms with Gasteiger partial charge in [-0.25, -0.2) is 13.8 Å². The SMILES string of the molecule is CN1CCC(Oc2nc(Cl)c(F)cc2C#N)C1.N#Cc1cc(F)c(Cl)nc1Cl. The van der Waals surface area contributed by atoms with Crippen molar-refractivity contribution < 1.29 is 13.5 Å². The van der Waals surface area contributed by atoms with Gasteiger partial charge in [0, 0.05) is 19.2 Å². The van der Waals surface area contributed by atoms with Gasteiger partial charge < -0.3 is 9.64 Å². The molecule has 28 heavy (non-hydrogen) atoms. The van der Waals surface area contributed by atoms with Crippen LogP contribution in [0.5, 0.6) is 5.88 Å². The molecule has 2 aromatic heterocycles. The van der Waals surface area contributed by atoms with Crippen molar-refractivity contribution in [3.8, 4) is 18.0 Å². The fraction of sp³-hybridized carbons (Fsp3) is 0.294. The highest BCUT2D eigenvalue weighted by Gasteiger charge is 2.23. The highest BCUT2D eigenvalue weighted by atomic mass is 35.5. The molecule has 0 saturated carbocycles. The largest absolute Gasteiger partial charge is 0.472 e. The summed E-state index contributed by atoms with van der Waals surface area (Å²) in [6.45, 7) is 1.70. The van der Waals surface area contributed by atoms with Gasteiger partial charge in [0.2, 0.25) is 5.88 Å². The summed E-state index contributed by atoms with van der Waals surface area (Å²) < 4.78 is 31.2. The highest BCUT2D eigenvalue weighted by molar-refractivity contribution is 6.33. The van der Waals surface area contributed by atoms with Crippen molar-refractivity contribution in [3.63, 3.8) is 0 Å². The zero-order valence-corrected chi connectivity index (χ0v) is 16.7. The summed E-state index contributed by atoms with van der Waals surface area (Å²) in [5.74, 6) is -1.34. The second-order valence-electron chi connectivity index (χ2n) is 5.73. The Morgan fingerprint density at radius 1 is 1.04 bits per heavy atom. The summed E-state index contributed by atoms with van der Waals surface area (Å²) in [7, 11) is 1.99. The van der Waals surface area contributed by atoms with Gasteiger partial charge in [-0.3, -0.25) is 0 Å². The van der Waals surface area contributed by atoms with Crippen LogP contribution < -0.4 is 4.74 Å². The van der Waals surface area contributed by atoms with Crippen molar-refractivity contribution in [2.75, 3.05) is 20.1 Å². The zero-order valence-electron chi connectivity index (χ0n) is 14.4. The Labute approximate surface area is 174 Å². The molecule has 0 aliphatic carbocycles. The molecule has 0 spiro atoms. The molecular weight excluding hydrogens is 435 g/mol. The summed E-state index contributed by atoms with van der Waals surface area (Å²) in [6, 6.07) is 5.51. The number of nitriles is 2. The number of pyridine rings is 2. The van der Waals surface area contributed by atoms with Gasteiger partial charge >= 0.3 is 0 Å². The van der Waals surface area contributed by atoms with Crippen molar-refractivity contribution in [1.82, 2.24) is 14.9 Å². The summed E-state index contributed by atoms with van der Waals surface area (Å²) in [5, 5.41) is 16.5. The van der Waals surface area contributed by atoms with E-state index in [4.69, 9.17) is 50.1 Å². The third-order valence-corrected chi connectivity index (χ3v) is 4.47. The molecule has 6 nitrogen and oxygen atoms in total. The van der Waals surface area contributed by atoms with Gasteiger partial charge in [0.15, 0.2) is 21.9 Å². The minimum absolute atomic E-state index is 0.0198. The van der Waals surface area contributed by atoms with Crippen LogP contribution in [-0.2, 0) is 0 Å². The summed E-state index contributed by atoms with van der Waals surface area (Å²) in [6.07, 6.45) is 0.832. The second-order valence-corrected chi connectivity index (χ2v) is 6.80. The van der Waals surface area contributed by atoms with Crippen LogP contribution in [-0.4, -0.2) is 41.1 Å². The molecule has 11 heteroatoms. The number of likely N-dealkylation sites (N-methyl/N-ethyl adjacent to an activating group) is 1. The number of rotatable bonds is 2. The van der Waals surface area contributed by atoms with Crippen molar-refractivity contribution >= 4 is 34.8 Å². The van der Waals surface area contributed by atoms with Gasteiger partial charge in [0.05, 0.1) is 5.56 Å². The van der Waals surface area contributed by atoms with E-state index in [1.54, 1.807) is 6.07 Å². The van der Waals surface area contributed by atoms with Crippen LogP contribution in [0.1, 0.15) is 17.5 Å². The number of aromatic nitrogens is 2. The van der Waals surface area contributed by atoms with E-state index in [2.05, 4.69) is 14.9 Å². The molecule has 0 N–H and O–H groups in total. The summed E-state index contributed by atoms with van der Waals surface area (Å²) >= 11 is 16.3. The minimum Gasteiger partial charge on any atom is -0.472 e. The van der Waals surface area contributed by atoms with Gasteiger partial charge in [-0.15, -0.1) is 0 Å². The molecule has 1 fully saturated rings. The lowest BCUT2D eigenvalue weighted by molar-refractivity contribution is 0.199. The number of likely N-dealkylation sites (tertiary alicyclic amines) is 1. The Kier molecular flexibility index (Phi) is 7.73. The molecule has 146 valence electrons. The van der Waals surface area contributed by atoms with E-state index < -0.39 is 11.6 Å². The Hall–Kier alpha value is -2.23. The lowest BCUT2D eigenvalue weighted by atomic mass is 10.3. The average molecular weight is 447 g/mol. The first kappa shape index (κ1) is 22.1. The second kappa shape index (κ2) is 9.81. The van der Waals surface area contributed by atoms with Crippen molar-refractivity contribution in [2.45, 2.75) is 12.5 Å². The van der Waals surface area contributed by atoms with Crippen LogP contribution in [0.3, 0.4) is 0 Å². The number of hydrogen-bond acceptors (Lipinski definition) is 6. The third kappa shape index (κ3) is 5.63. The Balaban J connectivity index is 0.000000221. The quantitative estimate of drug-likeness (QED) is 0.642. The highest BCUT2D eigenvalue weighted by Crippen LogP contribution is 2.24. The van der Waals surface area contributed by atoms with Crippen LogP contribution in [0.4, 0.5) is 8.78 Å². The van der Waals surface area contributed by atoms with E-state index in [9.17, 15) is 8.78 Å². The molecule has 1 unspecified atom stereocenters. The smallest absolute Gasteiger partial charge is 0.233 e. The Morgan fingerprint density at radius 3 is 2.14 bits per heavy atom. The summed E-state index contributed by atoms with van der Waals surface area (Å²) in [4.78, 5) is 9.25. The van der Waals surface area contributed by atoms with E-state index in [1.807, 2.05) is 13.1 Å². The van der Waals surface area contributed by atoms with Crippen molar-refractivity contribution in [3.05, 3.63) is 50.4 Å². The van der Waals surface area contributed by atoms with E-state index in [1.165, 1.54) is 0 Å². The molecule has 0 radical (unpaired) electrons. The third-order valence-electron chi connectivity index (χ3n) is 3.65. The van der Waals surface area contributed by atoms with E-state index in [0.29, 0.717) is 0 Å². The molecule has 1 atom stereocenters. The van der Waals surface area contributed by atoms with E-state index in [-0.39, 0.29) is 38.6 Å². The maximum absolute atomic E-state index is 13.1. The topological polar surface area (TPSA) is 85.8 Å². The zero-order chi connectivity index (χ0) is 20.8. The predicted molar refractivity (Wildman–Crippen MR) is 99.4 cm³/mol. The standard InChI is InChI=1S/C11H11ClFN3O.C6HCl2FN2/c1-16-3-2-8(6-16)17-11-7(5-14)4-9(13)10(12)15-11;7-5-3(2-10)1-4(9)6(8)11-5/h4,8H,2-3,6H2,1H3;1H. The number of hydrogen-bond donors (Lipinski definition) is 0. The molecule has 1 saturated heterocycles. The number of nitrogens with zero attached hydrogens (tertiary/aromatic N) is 5. The van der Waals surface area contributed by atoms with Crippen molar-refractivity contribution in [2.24, 2.45) is 0 Å². The number of ether oxygens (including phenoxy) is 1. The van der Waals surface area contributed by atoms with Crippen molar-refractivity contribution in [1.29, 1.82) is 10.5 Å². The minimum atomic E-state index is -0.743. The molecule has 0 bridgehead atoms. The van der Waals surface area contributed by atoms with Crippen LogP contribution in [0.15, 0.2) is 12.1 Å². The molecule has 1 aliphatic heterocycles. The van der Waals surface area contributed by atoms with Gasteiger partial charge in [-0.1, -0.05) is 34.8 Å². The molecular formula is C17H12Cl3F2N5O. The molecule has 3 heterocycles. The first-order valence-corrected chi connectivity index (χ1v) is 8.91. The maximum Gasteiger partial charge on any atom is 0.233 e. The first-order valence-electron chi connectivity index (χ1n) is 7.78. The van der Waals surface area contributed by atoms with Crippen LogP contribution in [0.2, 0.25) is 15.5 Å². The molecule has 2 aromatic rings. The maximum atomic E-state index is 13.1. The van der Waals surface area contributed by atoms with Crippen LogP contribution >= 0.6 is 34.8 Å². The first-order chi connectivity index (χ1) is 13.2. The molecule has 3 rings (SSSR count). The van der Waals surface area contributed by atoms with Gasteiger partial charge in [0.25, 0.3) is 0 Å². The van der Waals surface area contributed by atoms with Gasteiger partial charge in [-0.2, -0.15) is 15.5 Å². The average Bonchev–Trinajstić information content (AvgIpc) is 3.06. The fourth-order valence-electron chi connectivity index (χ4n) is 2.29. The molecule has 1 aliphatic rings. The molecule has 0 amide bonds. The predicted octanol–water partition coefficient (Wildman–Crippen LogP) is 4.23. The van der Waals surface area contributed by atoms with E-state index >= 15 is 0 Å². The number of halogens is 5. The van der Waals surface area contributed by atoms with E-state index in [0.717, 1.165) is 31.6 Å². The monoisotopic (exact) mass is 445 g/mol. The molecule has 0 aromatic carbocycles. The van der Waals surface area contributed by atoms with Gasteiger partial charge in [0.1, 0.15) is 29.0 Å². The Bertz CT molecular complexity index is 961. The normalized spacial score (nSPS) is 15.9.